The van der Waals surface area contributed by atoms with Gasteiger partial charge in [-0.2, -0.15) is 0 Å². The molecule has 0 aromatic heterocycles. The molecule has 21 heavy (non-hydrogen) atoms. The minimum absolute atomic E-state index is 0.0858. The first kappa shape index (κ1) is 17.5. The van der Waals surface area contributed by atoms with Gasteiger partial charge in [-0.3, -0.25) is 0 Å². The molecule has 0 amide bonds. The van der Waals surface area contributed by atoms with Gasteiger partial charge >= 0.3 is 0 Å². The third-order valence-corrected chi connectivity index (χ3v) is 2.52. The molecule has 4 heteroatoms. The van der Waals surface area contributed by atoms with Gasteiger partial charge in [-0.1, -0.05) is 24.8 Å². The van der Waals surface area contributed by atoms with Crippen LogP contribution in [0.4, 0.5) is 0 Å². The minimum Gasteiger partial charge on any atom is -0.491 e. The van der Waals surface area contributed by atoms with Crippen molar-refractivity contribution >= 4 is 0 Å². The Balaban J connectivity index is 2.17. The Kier molecular flexibility index (Phi) is 10.2. The lowest BCUT2D eigenvalue weighted by atomic mass is 10.2. The van der Waals surface area contributed by atoms with Crippen LogP contribution in [0.2, 0.25) is 0 Å². The van der Waals surface area contributed by atoms with Crippen LogP contribution in [0, 0.1) is 11.8 Å². The topological polar surface area (TPSA) is 47.9 Å². The molecule has 0 heterocycles. The van der Waals surface area contributed by atoms with Crippen LogP contribution >= 0.6 is 0 Å². The number of hydrogen-bond acceptors (Lipinski definition) is 4. The molecule has 0 unspecified atom stereocenters. The summed E-state index contributed by atoms with van der Waals surface area (Å²) in [7, 11) is 0. The molecule has 4 nitrogen and oxygen atoms in total. The van der Waals surface area contributed by atoms with Crippen LogP contribution in [0.1, 0.15) is 25.3 Å². The van der Waals surface area contributed by atoms with E-state index >= 15 is 0 Å². The van der Waals surface area contributed by atoms with Crippen LogP contribution in [0.15, 0.2) is 24.3 Å². The summed E-state index contributed by atoms with van der Waals surface area (Å²) >= 11 is 0. The van der Waals surface area contributed by atoms with E-state index in [2.05, 4.69) is 18.8 Å². The van der Waals surface area contributed by atoms with E-state index in [0.717, 1.165) is 24.3 Å². The second-order valence-corrected chi connectivity index (χ2v) is 4.38. The Labute approximate surface area is 127 Å². The molecular weight excluding hydrogens is 268 g/mol. The van der Waals surface area contributed by atoms with Crippen LogP contribution in [-0.4, -0.2) is 44.7 Å². The summed E-state index contributed by atoms with van der Waals surface area (Å²) in [5.41, 5.74) is 0.884. The van der Waals surface area contributed by atoms with Gasteiger partial charge in [-0.05, 0) is 24.6 Å². The number of benzene rings is 1. The molecule has 0 saturated heterocycles. The number of aliphatic hydroxyl groups excluding tert-OH is 1. The number of ether oxygens (including phenoxy) is 3. The van der Waals surface area contributed by atoms with Gasteiger partial charge in [0.05, 0.1) is 26.4 Å². The molecule has 0 radical (unpaired) electrons. The lowest BCUT2D eigenvalue weighted by molar-refractivity contribution is 0.0366. The van der Waals surface area contributed by atoms with E-state index < -0.39 is 0 Å². The summed E-state index contributed by atoms with van der Waals surface area (Å²) in [5, 5.41) is 8.68. The molecular formula is C17H24O4. The third kappa shape index (κ3) is 9.09. The highest BCUT2D eigenvalue weighted by atomic mass is 16.5. The Morgan fingerprint density at radius 3 is 2.57 bits per heavy atom. The Bertz CT molecular complexity index is 434. The first-order chi connectivity index (χ1) is 10.4. The molecule has 0 saturated carbocycles. The van der Waals surface area contributed by atoms with Gasteiger partial charge in [0.15, 0.2) is 0 Å². The van der Waals surface area contributed by atoms with Crippen LogP contribution in [-0.2, 0) is 9.47 Å². The van der Waals surface area contributed by atoms with Gasteiger partial charge in [0.1, 0.15) is 12.4 Å². The van der Waals surface area contributed by atoms with E-state index in [-0.39, 0.29) is 6.61 Å². The molecule has 116 valence electrons. The van der Waals surface area contributed by atoms with E-state index in [0.29, 0.717) is 32.8 Å². The smallest absolute Gasteiger partial charge is 0.120 e. The summed E-state index contributed by atoms with van der Waals surface area (Å²) in [6.45, 7) is 5.21. The normalized spacial score (nSPS) is 10.0. The van der Waals surface area contributed by atoms with Crippen molar-refractivity contribution in [1.29, 1.82) is 0 Å². The molecule has 0 atom stereocenters. The molecule has 0 fully saturated rings. The maximum atomic E-state index is 8.68. The van der Waals surface area contributed by atoms with Gasteiger partial charge in [-0.15, -0.1) is 0 Å². The van der Waals surface area contributed by atoms with Crippen LogP contribution in [0.5, 0.6) is 5.75 Å². The average Bonchev–Trinajstić information content (AvgIpc) is 2.51. The summed E-state index contributed by atoms with van der Waals surface area (Å²) in [4.78, 5) is 0. The zero-order valence-electron chi connectivity index (χ0n) is 12.6. The standard InChI is InChI=1S/C17H24O4/c1-2-10-19-11-12-20-13-14-21-17-8-5-7-16(15-17)6-3-4-9-18/h5,7-8,15,18H,2,4,9-14H2,1H3. The van der Waals surface area contributed by atoms with Gasteiger partial charge in [0.2, 0.25) is 0 Å². The van der Waals surface area contributed by atoms with Gasteiger partial charge in [-0.25, -0.2) is 0 Å². The second kappa shape index (κ2) is 12.2. The first-order valence-corrected chi connectivity index (χ1v) is 7.35. The number of aliphatic hydroxyl groups is 1. The lowest BCUT2D eigenvalue weighted by Crippen LogP contribution is -2.11. The van der Waals surface area contributed by atoms with Crippen molar-refractivity contribution in [1.82, 2.24) is 0 Å². The van der Waals surface area contributed by atoms with Crippen LogP contribution in [0.25, 0.3) is 0 Å². The average molecular weight is 292 g/mol. The predicted molar refractivity (Wildman–Crippen MR) is 82.4 cm³/mol. The predicted octanol–water partition coefficient (Wildman–Crippen LogP) is 2.24. The largest absolute Gasteiger partial charge is 0.491 e. The number of hydrogen-bond donors (Lipinski definition) is 1. The first-order valence-electron chi connectivity index (χ1n) is 7.35. The van der Waals surface area contributed by atoms with E-state index in [9.17, 15) is 0 Å². The van der Waals surface area contributed by atoms with E-state index in [4.69, 9.17) is 19.3 Å². The quantitative estimate of drug-likeness (QED) is 0.531. The Hall–Kier alpha value is -1.54. The van der Waals surface area contributed by atoms with Gasteiger partial charge in [0, 0.05) is 18.6 Å². The fraction of sp³-hybridized carbons (Fsp3) is 0.529. The van der Waals surface area contributed by atoms with E-state index in [1.165, 1.54) is 0 Å². The highest BCUT2D eigenvalue weighted by molar-refractivity contribution is 5.39. The van der Waals surface area contributed by atoms with E-state index in [1.807, 2.05) is 24.3 Å². The molecule has 0 bridgehead atoms. The highest BCUT2D eigenvalue weighted by Crippen LogP contribution is 2.12. The molecule has 1 rings (SSSR count). The summed E-state index contributed by atoms with van der Waals surface area (Å²) in [6.07, 6.45) is 1.51. The van der Waals surface area contributed by atoms with E-state index in [1.54, 1.807) is 0 Å². The molecule has 1 aromatic carbocycles. The Morgan fingerprint density at radius 2 is 1.81 bits per heavy atom. The van der Waals surface area contributed by atoms with Crippen LogP contribution in [0.3, 0.4) is 0 Å². The fourth-order valence-corrected chi connectivity index (χ4v) is 1.57. The summed E-state index contributed by atoms with van der Waals surface area (Å²) in [5.74, 6) is 6.64. The zero-order chi connectivity index (χ0) is 15.2. The minimum atomic E-state index is 0.0858. The summed E-state index contributed by atoms with van der Waals surface area (Å²) in [6, 6.07) is 7.59. The molecule has 0 aliphatic rings. The van der Waals surface area contributed by atoms with Crippen molar-refractivity contribution in [2.45, 2.75) is 19.8 Å². The lowest BCUT2D eigenvalue weighted by Gasteiger charge is -2.07. The monoisotopic (exact) mass is 292 g/mol. The SMILES string of the molecule is CCCOCCOCCOc1cccc(C#CCCO)c1. The molecule has 0 aliphatic carbocycles. The number of rotatable bonds is 10. The fourth-order valence-electron chi connectivity index (χ4n) is 1.57. The zero-order valence-corrected chi connectivity index (χ0v) is 12.6. The maximum absolute atomic E-state index is 8.68. The molecule has 0 spiro atoms. The third-order valence-electron chi connectivity index (χ3n) is 2.52. The van der Waals surface area contributed by atoms with Crippen molar-refractivity contribution in [3.05, 3.63) is 29.8 Å². The van der Waals surface area contributed by atoms with Crippen molar-refractivity contribution in [3.63, 3.8) is 0 Å². The second-order valence-electron chi connectivity index (χ2n) is 4.38. The van der Waals surface area contributed by atoms with Crippen LogP contribution < -0.4 is 4.74 Å². The Morgan fingerprint density at radius 1 is 1.05 bits per heavy atom. The van der Waals surface area contributed by atoms with Crippen molar-refractivity contribution in [3.8, 4) is 17.6 Å². The van der Waals surface area contributed by atoms with Gasteiger partial charge in [0.25, 0.3) is 0 Å². The molecule has 1 aromatic rings. The molecule has 0 aliphatic heterocycles. The summed E-state index contributed by atoms with van der Waals surface area (Å²) < 4.78 is 16.3. The molecule has 1 N–H and O–H groups in total. The van der Waals surface area contributed by atoms with Crippen molar-refractivity contribution in [2.24, 2.45) is 0 Å². The van der Waals surface area contributed by atoms with Gasteiger partial charge < -0.3 is 19.3 Å². The highest BCUT2D eigenvalue weighted by Gasteiger charge is 1.95. The maximum Gasteiger partial charge on any atom is 0.120 e. The van der Waals surface area contributed by atoms with Crippen molar-refractivity contribution < 1.29 is 19.3 Å². The van der Waals surface area contributed by atoms with Crippen molar-refractivity contribution in [2.75, 3.05) is 39.6 Å².